The number of hydrogen-bond acceptors (Lipinski definition) is 8. The van der Waals surface area contributed by atoms with Gasteiger partial charge in [0, 0.05) is 10.9 Å². The number of hydrogen-bond donors (Lipinski definition) is 1. The lowest BCUT2D eigenvalue weighted by Crippen LogP contribution is -2.32. The van der Waals surface area contributed by atoms with Gasteiger partial charge in [-0.2, -0.15) is 0 Å². The highest BCUT2D eigenvalue weighted by Crippen LogP contribution is 2.36. The third-order valence-corrected chi connectivity index (χ3v) is 7.48. The lowest BCUT2D eigenvalue weighted by Gasteiger charge is -2.16. The molecule has 1 aromatic heterocycles. The van der Waals surface area contributed by atoms with Crippen LogP contribution in [0.1, 0.15) is 30.6 Å². The van der Waals surface area contributed by atoms with E-state index in [0.717, 1.165) is 16.9 Å². The van der Waals surface area contributed by atoms with E-state index in [-0.39, 0.29) is 35.1 Å². The third-order valence-electron chi connectivity index (χ3n) is 4.82. The number of ether oxygens (including phenoxy) is 2. The Morgan fingerprint density at radius 2 is 1.94 bits per heavy atom. The lowest BCUT2D eigenvalue weighted by atomic mass is 10.0. The van der Waals surface area contributed by atoms with Gasteiger partial charge in [-0.15, -0.1) is 11.3 Å². The minimum atomic E-state index is -3.24. The molecule has 2 heterocycles. The molecule has 0 aliphatic carbocycles. The molecule has 0 spiro atoms. The summed E-state index contributed by atoms with van der Waals surface area (Å²) in [5.41, 5.74) is 1.65. The van der Waals surface area contributed by atoms with Crippen molar-refractivity contribution in [2.45, 2.75) is 26.4 Å². The Morgan fingerprint density at radius 1 is 1.23 bits per heavy atom. The van der Waals surface area contributed by atoms with E-state index in [1.54, 1.807) is 12.3 Å². The van der Waals surface area contributed by atoms with Crippen LogP contribution in [-0.4, -0.2) is 50.5 Å². The average molecular weight is 466 g/mol. The monoisotopic (exact) mass is 465 g/mol. The quantitative estimate of drug-likeness (QED) is 0.625. The number of carbonyl (C=O) groups is 3. The first kappa shape index (κ1) is 23.0. The summed E-state index contributed by atoms with van der Waals surface area (Å²) in [6, 6.07) is 9.22. The molecule has 2 unspecified atom stereocenters. The van der Waals surface area contributed by atoms with E-state index in [1.165, 1.54) is 6.92 Å². The van der Waals surface area contributed by atoms with Gasteiger partial charge in [0.15, 0.2) is 15.9 Å². The average Bonchev–Trinajstić information content (AvgIpc) is 3.31. The fourth-order valence-corrected chi connectivity index (χ4v) is 5.89. The zero-order valence-electron chi connectivity index (χ0n) is 17.1. The minimum Gasteiger partial charge on any atom is -0.462 e. The Morgan fingerprint density at radius 3 is 2.55 bits per heavy atom. The topological polar surface area (TPSA) is 116 Å². The highest BCUT2D eigenvalue weighted by atomic mass is 32.2. The molecule has 1 aliphatic rings. The molecular formula is C21H23NO7S2. The summed E-state index contributed by atoms with van der Waals surface area (Å²) in [6.07, 6.45) is -0.971. The van der Waals surface area contributed by atoms with Crippen molar-refractivity contribution >= 4 is 44.0 Å². The zero-order chi connectivity index (χ0) is 22.6. The number of esters is 2. The van der Waals surface area contributed by atoms with Crippen molar-refractivity contribution in [2.24, 2.45) is 5.92 Å². The molecule has 0 radical (unpaired) electrons. The highest BCUT2D eigenvalue weighted by Gasteiger charge is 2.35. The van der Waals surface area contributed by atoms with Crippen molar-refractivity contribution in [2.75, 3.05) is 23.4 Å². The van der Waals surface area contributed by atoms with E-state index >= 15 is 0 Å². The van der Waals surface area contributed by atoms with Crippen LogP contribution in [0.25, 0.3) is 11.1 Å². The predicted molar refractivity (Wildman–Crippen MR) is 117 cm³/mol. The molecule has 166 valence electrons. The number of benzene rings is 1. The van der Waals surface area contributed by atoms with Gasteiger partial charge in [-0.3, -0.25) is 9.59 Å². The summed E-state index contributed by atoms with van der Waals surface area (Å²) in [7, 11) is -3.24. The molecule has 1 N–H and O–H groups in total. The van der Waals surface area contributed by atoms with Crippen molar-refractivity contribution in [3.8, 4) is 11.1 Å². The van der Waals surface area contributed by atoms with Crippen molar-refractivity contribution in [3.63, 3.8) is 0 Å². The van der Waals surface area contributed by atoms with E-state index in [0.29, 0.717) is 5.56 Å². The second-order valence-corrected chi connectivity index (χ2v) is 10.2. The fraction of sp³-hybridized carbons (Fsp3) is 0.381. The van der Waals surface area contributed by atoms with Crippen LogP contribution in [0.4, 0.5) is 5.00 Å². The van der Waals surface area contributed by atoms with E-state index in [1.807, 2.05) is 30.3 Å². The van der Waals surface area contributed by atoms with Crippen LogP contribution < -0.4 is 5.32 Å². The van der Waals surface area contributed by atoms with E-state index in [2.05, 4.69) is 5.32 Å². The Balaban J connectivity index is 1.75. The summed E-state index contributed by atoms with van der Waals surface area (Å²) in [4.78, 5) is 37.4. The van der Waals surface area contributed by atoms with Gasteiger partial charge < -0.3 is 14.8 Å². The molecule has 8 nitrogen and oxygen atoms in total. The maximum absolute atomic E-state index is 12.6. The van der Waals surface area contributed by atoms with Gasteiger partial charge in [0.2, 0.25) is 0 Å². The van der Waals surface area contributed by atoms with Crippen LogP contribution in [0, 0.1) is 5.92 Å². The largest absolute Gasteiger partial charge is 0.462 e. The van der Waals surface area contributed by atoms with Crippen LogP contribution in [-0.2, 0) is 28.9 Å². The molecule has 1 saturated heterocycles. The van der Waals surface area contributed by atoms with Crippen LogP contribution in [0.3, 0.4) is 0 Å². The van der Waals surface area contributed by atoms with E-state index < -0.39 is 39.7 Å². The Bertz CT molecular complexity index is 1080. The van der Waals surface area contributed by atoms with Crippen molar-refractivity contribution < 1.29 is 32.3 Å². The molecule has 0 saturated carbocycles. The summed E-state index contributed by atoms with van der Waals surface area (Å²) in [6.45, 7) is 3.26. The maximum atomic E-state index is 12.6. The predicted octanol–water partition coefficient (Wildman–Crippen LogP) is 2.90. The lowest BCUT2D eigenvalue weighted by molar-refractivity contribution is -0.156. The molecule has 1 aliphatic heterocycles. The number of nitrogens with one attached hydrogen (secondary N) is 1. The molecule has 1 fully saturated rings. The standard InChI is InChI=1S/C21H23NO7S2/c1-3-28-21(25)17-16(14-7-5-4-6-8-14)11-30-19(17)22-18(23)13(2)29-20(24)15-9-10-31(26,27)12-15/h4-8,11,13,15H,3,9-10,12H2,1-2H3,(H,22,23). The van der Waals surface area contributed by atoms with Crippen molar-refractivity contribution in [1.82, 2.24) is 0 Å². The zero-order valence-corrected chi connectivity index (χ0v) is 18.8. The number of rotatable bonds is 7. The molecule has 1 amide bonds. The first-order chi connectivity index (χ1) is 14.7. The Kier molecular flexibility index (Phi) is 7.11. The van der Waals surface area contributed by atoms with Crippen LogP contribution >= 0.6 is 11.3 Å². The summed E-state index contributed by atoms with van der Waals surface area (Å²) in [5, 5.41) is 4.67. The molecule has 31 heavy (non-hydrogen) atoms. The first-order valence-corrected chi connectivity index (χ1v) is 12.5. The second-order valence-electron chi connectivity index (χ2n) is 7.11. The number of amides is 1. The van der Waals surface area contributed by atoms with Gasteiger partial charge in [-0.25, -0.2) is 13.2 Å². The van der Waals surface area contributed by atoms with E-state index in [4.69, 9.17) is 9.47 Å². The molecule has 1 aromatic carbocycles. The molecule has 2 atom stereocenters. The number of anilines is 1. The van der Waals surface area contributed by atoms with Gasteiger partial charge in [-0.1, -0.05) is 30.3 Å². The summed E-state index contributed by atoms with van der Waals surface area (Å²) >= 11 is 1.16. The van der Waals surface area contributed by atoms with Crippen molar-refractivity contribution in [1.29, 1.82) is 0 Å². The Hall–Kier alpha value is -2.72. The van der Waals surface area contributed by atoms with Gasteiger partial charge in [0.1, 0.15) is 10.6 Å². The van der Waals surface area contributed by atoms with E-state index in [9.17, 15) is 22.8 Å². The number of thiophene rings is 1. The van der Waals surface area contributed by atoms with Gasteiger partial charge in [0.05, 0.1) is 24.0 Å². The van der Waals surface area contributed by atoms with Gasteiger partial charge in [-0.05, 0) is 25.8 Å². The summed E-state index contributed by atoms with van der Waals surface area (Å²) < 4.78 is 33.4. The number of sulfone groups is 1. The molecule has 0 bridgehead atoms. The van der Waals surface area contributed by atoms with Crippen LogP contribution in [0.2, 0.25) is 0 Å². The highest BCUT2D eigenvalue weighted by molar-refractivity contribution is 7.91. The van der Waals surface area contributed by atoms with Crippen LogP contribution in [0.15, 0.2) is 35.7 Å². The minimum absolute atomic E-state index is 0.0618. The molecule has 3 rings (SSSR count). The normalized spacial score (nSPS) is 18.2. The molecule has 2 aromatic rings. The fourth-order valence-electron chi connectivity index (χ4n) is 3.20. The second kappa shape index (κ2) is 9.61. The van der Waals surface area contributed by atoms with Gasteiger partial charge >= 0.3 is 11.9 Å². The van der Waals surface area contributed by atoms with Crippen LogP contribution in [0.5, 0.6) is 0 Å². The van der Waals surface area contributed by atoms with Gasteiger partial charge in [0.25, 0.3) is 5.91 Å². The first-order valence-electron chi connectivity index (χ1n) is 9.77. The Labute approximate surface area is 184 Å². The molecule has 10 heteroatoms. The maximum Gasteiger partial charge on any atom is 0.341 e. The smallest absolute Gasteiger partial charge is 0.341 e. The summed E-state index contributed by atoms with van der Waals surface area (Å²) in [5.74, 6) is -3.00. The SMILES string of the molecule is CCOC(=O)c1c(-c2ccccc2)csc1NC(=O)C(C)OC(=O)C1CCS(=O)(=O)C1. The van der Waals surface area contributed by atoms with Crippen molar-refractivity contribution in [3.05, 3.63) is 41.3 Å². The molecular weight excluding hydrogens is 442 g/mol. The third kappa shape index (κ3) is 5.50. The number of carbonyl (C=O) groups excluding carboxylic acids is 3.